The predicted octanol–water partition coefficient (Wildman–Crippen LogP) is 5.31. The van der Waals surface area contributed by atoms with E-state index in [1.165, 1.54) is 22.7 Å². The summed E-state index contributed by atoms with van der Waals surface area (Å²) >= 11 is 0. The summed E-state index contributed by atoms with van der Waals surface area (Å²) in [5.41, 5.74) is 1.59. The molecular formula is C27H29F2N7O2. The maximum atomic E-state index is 14.4. The van der Waals surface area contributed by atoms with Crippen LogP contribution in [0.15, 0.2) is 55.0 Å². The van der Waals surface area contributed by atoms with Gasteiger partial charge in [0.1, 0.15) is 17.2 Å². The molecule has 1 amide bonds. The number of amides is 1. The molecule has 3 aromatic heterocycles. The van der Waals surface area contributed by atoms with E-state index in [2.05, 4.69) is 30.6 Å². The van der Waals surface area contributed by atoms with E-state index >= 15 is 0 Å². The third-order valence-corrected chi connectivity index (χ3v) is 6.13. The van der Waals surface area contributed by atoms with E-state index in [0.717, 1.165) is 25.1 Å². The highest BCUT2D eigenvalue weighted by Gasteiger charge is 2.26. The number of imidazole rings is 1. The summed E-state index contributed by atoms with van der Waals surface area (Å²) in [6.45, 7) is 6.88. The number of carbonyl (C=O) groups is 1. The van der Waals surface area contributed by atoms with Crippen molar-refractivity contribution >= 4 is 28.9 Å². The highest BCUT2D eigenvalue weighted by atomic mass is 19.1. The minimum atomic E-state index is -0.694. The average Bonchev–Trinajstić information content (AvgIpc) is 3.25. The van der Waals surface area contributed by atoms with Crippen LogP contribution in [0, 0.1) is 11.6 Å². The number of benzene rings is 1. The quantitative estimate of drug-likeness (QED) is 0.368. The molecule has 2 N–H and O–H groups in total. The molecule has 0 radical (unpaired) electrons. The van der Waals surface area contributed by atoms with E-state index in [0.29, 0.717) is 23.7 Å². The second kappa shape index (κ2) is 10.2. The van der Waals surface area contributed by atoms with Gasteiger partial charge in [-0.05, 0) is 63.9 Å². The molecule has 1 aromatic carbocycles. The van der Waals surface area contributed by atoms with Crippen LogP contribution < -0.4 is 15.5 Å². The van der Waals surface area contributed by atoms with Gasteiger partial charge in [-0.2, -0.15) is 9.61 Å². The number of fused-ring (bicyclic) bond motifs is 1. The molecule has 0 spiro atoms. The number of halogens is 2. The molecule has 4 heterocycles. The lowest BCUT2D eigenvalue weighted by Crippen LogP contribution is -2.49. The van der Waals surface area contributed by atoms with E-state index in [-0.39, 0.29) is 17.3 Å². The van der Waals surface area contributed by atoms with Crippen molar-refractivity contribution in [3.05, 3.63) is 66.6 Å². The van der Waals surface area contributed by atoms with Crippen molar-refractivity contribution in [1.82, 2.24) is 24.9 Å². The summed E-state index contributed by atoms with van der Waals surface area (Å²) in [5, 5.41) is 10.7. The monoisotopic (exact) mass is 521 g/mol. The molecule has 0 bridgehead atoms. The molecule has 0 saturated carbocycles. The zero-order chi connectivity index (χ0) is 26.9. The number of alkyl carbamates (subject to hydrolysis) is 1. The minimum Gasteiger partial charge on any atom is -0.444 e. The smallest absolute Gasteiger partial charge is 0.407 e. The number of carbonyl (C=O) groups excluding carboxylic acids is 1. The molecule has 5 rings (SSSR count). The summed E-state index contributed by atoms with van der Waals surface area (Å²) in [6, 6.07) is 8.78. The Hall–Kier alpha value is -4.28. The Morgan fingerprint density at radius 1 is 1.11 bits per heavy atom. The van der Waals surface area contributed by atoms with Gasteiger partial charge in [-0.25, -0.2) is 18.6 Å². The summed E-state index contributed by atoms with van der Waals surface area (Å²) < 4.78 is 35.7. The maximum Gasteiger partial charge on any atom is 0.407 e. The van der Waals surface area contributed by atoms with E-state index in [1.807, 2.05) is 26.8 Å². The van der Waals surface area contributed by atoms with Crippen LogP contribution in [0.4, 0.5) is 30.9 Å². The number of pyridine rings is 1. The van der Waals surface area contributed by atoms with Gasteiger partial charge in [0.25, 0.3) is 0 Å². The number of anilines is 3. The van der Waals surface area contributed by atoms with Gasteiger partial charge in [-0.1, -0.05) is 6.07 Å². The van der Waals surface area contributed by atoms with Crippen LogP contribution in [-0.4, -0.2) is 50.4 Å². The van der Waals surface area contributed by atoms with Crippen molar-refractivity contribution < 1.29 is 18.3 Å². The molecule has 1 saturated heterocycles. The Morgan fingerprint density at radius 2 is 1.89 bits per heavy atom. The first kappa shape index (κ1) is 25.4. The highest BCUT2D eigenvalue weighted by Crippen LogP contribution is 2.31. The lowest BCUT2D eigenvalue weighted by Gasteiger charge is -2.35. The molecule has 0 unspecified atom stereocenters. The minimum absolute atomic E-state index is 0.0771. The van der Waals surface area contributed by atoms with Crippen LogP contribution in [-0.2, 0) is 4.74 Å². The van der Waals surface area contributed by atoms with Gasteiger partial charge < -0.3 is 20.3 Å². The molecule has 9 nitrogen and oxygen atoms in total. The molecule has 0 aliphatic carbocycles. The van der Waals surface area contributed by atoms with Crippen LogP contribution in [0.25, 0.3) is 16.8 Å². The van der Waals surface area contributed by atoms with E-state index in [1.54, 1.807) is 30.7 Å². The maximum absolute atomic E-state index is 14.4. The van der Waals surface area contributed by atoms with Crippen molar-refractivity contribution in [2.75, 3.05) is 23.3 Å². The second-order valence-electron chi connectivity index (χ2n) is 10.2. The van der Waals surface area contributed by atoms with Crippen molar-refractivity contribution in [2.24, 2.45) is 0 Å². The number of rotatable bonds is 5. The fourth-order valence-electron chi connectivity index (χ4n) is 4.51. The van der Waals surface area contributed by atoms with Gasteiger partial charge >= 0.3 is 6.09 Å². The molecule has 11 heteroatoms. The van der Waals surface area contributed by atoms with Crippen molar-refractivity contribution in [3.63, 3.8) is 0 Å². The number of nitrogens with one attached hydrogen (secondary N) is 2. The molecule has 4 aromatic rings. The number of ether oxygens (including phenoxy) is 1. The van der Waals surface area contributed by atoms with Gasteiger partial charge in [0.05, 0.1) is 40.5 Å². The van der Waals surface area contributed by atoms with Gasteiger partial charge in [0.2, 0.25) is 5.95 Å². The van der Waals surface area contributed by atoms with Gasteiger partial charge in [0.15, 0.2) is 0 Å². The summed E-state index contributed by atoms with van der Waals surface area (Å²) in [6.07, 6.45) is 6.29. The number of hydrogen-bond acceptors (Lipinski definition) is 7. The summed E-state index contributed by atoms with van der Waals surface area (Å²) in [7, 11) is 0. The fraction of sp³-hybridized carbons (Fsp3) is 0.333. The zero-order valence-corrected chi connectivity index (χ0v) is 21.4. The Labute approximate surface area is 218 Å². The Kier molecular flexibility index (Phi) is 6.83. The van der Waals surface area contributed by atoms with Crippen LogP contribution in [0.3, 0.4) is 0 Å². The van der Waals surface area contributed by atoms with Crippen LogP contribution >= 0.6 is 0 Å². The van der Waals surface area contributed by atoms with Gasteiger partial charge in [-0.15, -0.1) is 0 Å². The molecule has 38 heavy (non-hydrogen) atoms. The van der Waals surface area contributed by atoms with E-state index < -0.39 is 23.3 Å². The Balaban J connectivity index is 1.39. The third kappa shape index (κ3) is 5.51. The Bertz CT molecular complexity index is 1450. The highest BCUT2D eigenvalue weighted by molar-refractivity contribution is 5.74. The molecule has 1 fully saturated rings. The van der Waals surface area contributed by atoms with Crippen LogP contribution in [0.5, 0.6) is 0 Å². The number of piperidine rings is 1. The normalized spacial score (nSPS) is 15.9. The molecular weight excluding hydrogens is 492 g/mol. The molecule has 1 atom stereocenters. The first-order chi connectivity index (χ1) is 18.2. The fourth-order valence-corrected chi connectivity index (χ4v) is 4.51. The zero-order valence-electron chi connectivity index (χ0n) is 21.4. The third-order valence-electron chi connectivity index (χ3n) is 6.13. The first-order valence-electron chi connectivity index (χ1n) is 12.4. The van der Waals surface area contributed by atoms with Crippen molar-refractivity contribution in [1.29, 1.82) is 0 Å². The number of hydrogen-bond donors (Lipinski definition) is 2. The Morgan fingerprint density at radius 3 is 2.66 bits per heavy atom. The van der Waals surface area contributed by atoms with E-state index in [9.17, 15) is 13.6 Å². The second-order valence-corrected chi connectivity index (χ2v) is 10.2. The van der Waals surface area contributed by atoms with E-state index in [4.69, 9.17) is 4.74 Å². The standard InChI is InChI=1S/C27H29F2N7O2/c1-27(2,3)38-26(37)32-17-6-5-13-35(16-17)23-11-12-30-15-22(23)33-25-31-14-18-9-10-21(34-36(18)25)24-19(28)7-4-8-20(24)29/h4,7-12,14-15,17H,5-6,13,16H2,1-3H3,(H,31,33)(H,32,37)/t17-/m0/s1. The number of nitrogens with zero attached hydrogens (tertiary/aromatic N) is 5. The van der Waals surface area contributed by atoms with Crippen LogP contribution in [0.1, 0.15) is 33.6 Å². The van der Waals surface area contributed by atoms with Gasteiger partial charge in [-0.3, -0.25) is 4.98 Å². The van der Waals surface area contributed by atoms with Crippen LogP contribution in [0.2, 0.25) is 0 Å². The molecule has 198 valence electrons. The molecule has 1 aliphatic heterocycles. The van der Waals surface area contributed by atoms with Crippen molar-refractivity contribution in [2.45, 2.75) is 45.3 Å². The number of aromatic nitrogens is 4. The summed E-state index contributed by atoms with van der Waals surface area (Å²) in [4.78, 5) is 23.2. The topological polar surface area (TPSA) is 96.7 Å². The lowest BCUT2D eigenvalue weighted by atomic mass is 10.0. The molecule has 1 aliphatic rings. The average molecular weight is 522 g/mol. The van der Waals surface area contributed by atoms with Crippen molar-refractivity contribution in [3.8, 4) is 11.3 Å². The SMILES string of the molecule is CC(C)(C)OC(=O)N[C@H]1CCCN(c2ccncc2Nc2ncc3ccc(-c4c(F)cccc4F)nn23)C1. The van der Waals surface area contributed by atoms with Gasteiger partial charge in [0, 0.05) is 25.3 Å². The largest absolute Gasteiger partial charge is 0.444 e. The predicted molar refractivity (Wildman–Crippen MR) is 140 cm³/mol. The first-order valence-corrected chi connectivity index (χ1v) is 12.4. The summed E-state index contributed by atoms with van der Waals surface area (Å²) in [5.74, 6) is -1.02. The lowest BCUT2D eigenvalue weighted by molar-refractivity contribution is 0.0500.